The lowest BCUT2D eigenvalue weighted by molar-refractivity contribution is -0.126. The van der Waals surface area contributed by atoms with Gasteiger partial charge in [0.05, 0.1) is 18.7 Å². The zero-order valence-corrected chi connectivity index (χ0v) is 15.6. The van der Waals surface area contributed by atoms with Gasteiger partial charge < -0.3 is 15.0 Å². The predicted molar refractivity (Wildman–Crippen MR) is 102 cm³/mol. The van der Waals surface area contributed by atoms with Crippen LogP contribution in [0.5, 0.6) is 5.75 Å². The number of amides is 2. The van der Waals surface area contributed by atoms with E-state index in [0.29, 0.717) is 29.4 Å². The highest BCUT2D eigenvalue weighted by atomic mass is 35.5. The number of ether oxygens (including phenoxy) is 1. The van der Waals surface area contributed by atoms with Crippen molar-refractivity contribution in [2.45, 2.75) is 12.8 Å². The van der Waals surface area contributed by atoms with Gasteiger partial charge in [-0.25, -0.2) is 4.39 Å². The van der Waals surface area contributed by atoms with Crippen molar-refractivity contribution in [1.82, 2.24) is 5.32 Å². The Hall–Kier alpha value is -2.60. The summed E-state index contributed by atoms with van der Waals surface area (Å²) in [6.45, 7) is 0.702. The molecule has 1 atom stereocenters. The van der Waals surface area contributed by atoms with E-state index in [0.717, 1.165) is 5.56 Å². The zero-order chi connectivity index (χ0) is 19.4. The third-order valence-corrected chi connectivity index (χ3v) is 4.79. The fraction of sp³-hybridized carbons (Fsp3) is 0.300. The van der Waals surface area contributed by atoms with Gasteiger partial charge in [-0.15, -0.1) is 0 Å². The number of hydrogen-bond acceptors (Lipinski definition) is 3. The molecular formula is C20H20ClFN2O3. The molecule has 7 heteroatoms. The lowest BCUT2D eigenvalue weighted by atomic mass is 10.1. The molecule has 0 radical (unpaired) electrons. The quantitative estimate of drug-likeness (QED) is 0.824. The minimum atomic E-state index is -0.436. The van der Waals surface area contributed by atoms with Gasteiger partial charge in [-0.05, 0) is 42.3 Å². The molecule has 1 N–H and O–H groups in total. The number of benzene rings is 2. The highest BCUT2D eigenvalue weighted by molar-refractivity contribution is 6.31. The van der Waals surface area contributed by atoms with Gasteiger partial charge in [-0.3, -0.25) is 9.59 Å². The van der Waals surface area contributed by atoms with Crippen molar-refractivity contribution in [1.29, 1.82) is 0 Å². The normalized spacial score (nSPS) is 16.5. The molecular weight excluding hydrogens is 371 g/mol. The Bertz CT molecular complexity index is 842. The first-order chi connectivity index (χ1) is 13.0. The highest BCUT2D eigenvalue weighted by Gasteiger charge is 2.36. The molecule has 1 fully saturated rings. The van der Waals surface area contributed by atoms with Gasteiger partial charge in [0.25, 0.3) is 0 Å². The number of halogens is 2. The Morgan fingerprint density at radius 1 is 1.30 bits per heavy atom. The van der Waals surface area contributed by atoms with Crippen LogP contribution in [0.2, 0.25) is 5.02 Å². The zero-order valence-electron chi connectivity index (χ0n) is 14.9. The number of rotatable bonds is 6. The number of hydrogen-bond donors (Lipinski definition) is 1. The van der Waals surface area contributed by atoms with Crippen molar-refractivity contribution in [2.24, 2.45) is 5.92 Å². The third kappa shape index (κ3) is 4.57. The van der Waals surface area contributed by atoms with Crippen LogP contribution in [0, 0.1) is 11.7 Å². The third-order valence-electron chi connectivity index (χ3n) is 4.55. The summed E-state index contributed by atoms with van der Waals surface area (Å²) in [7, 11) is 1.52. The predicted octanol–water partition coefficient (Wildman–Crippen LogP) is 3.20. The Balaban J connectivity index is 1.59. The van der Waals surface area contributed by atoms with Crippen molar-refractivity contribution in [3.05, 3.63) is 58.9 Å². The molecule has 3 rings (SSSR count). The van der Waals surface area contributed by atoms with Gasteiger partial charge in [-0.1, -0.05) is 23.7 Å². The second-order valence-electron chi connectivity index (χ2n) is 6.39. The number of nitrogens with zero attached hydrogens (tertiary/aromatic N) is 1. The van der Waals surface area contributed by atoms with Crippen molar-refractivity contribution >= 4 is 29.1 Å². The summed E-state index contributed by atoms with van der Waals surface area (Å²) in [6, 6.07) is 11.2. The lowest BCUT2D eigenvalue weighted by Gasteiger charge is -2.19. The first kappa shape index (κ1) is 19.2. The average Bonchev–Trinajstić information content (AvgIpc) is 3.05. The van der Waals surface area contributed by atoms with Crippen LogP contribution in [-0.4, -0.2) is 32.0 Å². The largest absolute Gasteiger partial charge is 0.495 e. The molecule has 2 amide bonds. The van der Waals surface area contributed by atoms with Crippen molar-refractivity contribution in [3.8, 4) is 5.75 Å². The first-order valence-corrected chi connectivity index (χ1v) is 9.02. The van der Waals surface area contributed by atoms with E-state index in [1.807, 2.05) is 0 Å². The minimum absolute atomic E-state index is 0.137. The second kappa shape index (κ2) is 8.39. The van der Waals surface area contributed by atoms with E-state index in [1.165, 1.54) is 24.1 Å². The van der Waals surface area contributed by atoms with Crippen molar-refractivity contribution in [2.75, 3.05) is 25.1 Å². The van der Waals surface area contributed by atoms with Crippen LogP contribution in [0.4, 0.5) is 10.1 Å². The fourth-order valence-electron chi connectivity index (χ4n) is 3.12. The number of carbonyl (C=O) groups excluding carboxylic acids is 2. The molecule has 1 heterocycles. The monoisotopic (exact) mass is 390 g/mol. The van der Waals surface area contributed by atoms with Crippen LogP contribution in [-0.2, 0) is 16.0 Å². The fourth-order valence-corrected chi connectivity index (χ4v) is 3.28. The molecule has 0 aliphatic carbocycles. The Morgan fingerprint density at radius 2 is 2.04 bits per heavy atom. The van der Waals surface area contributed by atoms with E-state index >= 15 is 0 Å². The lowest BCUT2D eigenvalue weighted by Crippen LogP contribution is -2.34. The van der Waals surface area contributed by atoms with Crippen LogP contribution < -0.4 is 15.0 Å². The summed E-state index contributed by atoms with van der Waals surface area (Å²) in [5.41, 5.74) is 1.50. The maximum Gasteiger partial charge on any atom is 0.227 e. The summed E-state index contributed by atoms with van der Waals surface area (Å²) in [6.07, 6.45) is 0.733. The van der Waals surface area contributed by atoms with Crippen LogP contribution in [0.25, 0.3) is 0 Å². The smallest absolute Gasteiger partial charge is 0.227 e. The second-order valence-corrected chi connectivity index (χ2v) is 6.83. The summed E-state index contributed by atoms with van der Waals surface area (Å²) in [4.78, 5) is 26.4. The van der Waals surface area contributed by atoms with E-state index < -0.39 is 5.92 Å². The van der Waals surface area contributed by atoms with Gasteiger partial charge in [0.2, 0.25) is 11.8 Å². The van der Waals surface area contributed by atoms with Gasteiger partial charge >= 0.3 is 0 Å². The molecule has 1 aliphatic heterocycles. The molecule has 142 valence electrons. The average molecular weight is 391 g/mol. The Morgan fingerprint density at radius 3 is 2.74 bits per heavy atom. The SMILES string of the molecule is COc1ccc(Cl)cc1N1C[C@@H](C(=O)NCCc2ccc(F)cc2)CC1=O. The number of anilines is 1. The van der Waals surface area contributed by atoms with Gasteiger partial charge in [0, 0.05) is 24.5 Å². The van der Waals surface area contributed by atoms with Crippen LogP contribution in [0.3, 0.4) is 0 Å². The highest BCUT2D eigenvalue weighted by Crippen LogP contribution is 2.35. The van der Waals surface area contributed by atoms with E-state index in [-0.39, 0.29) is 30.6 Å². The van der Waals surface area contributed by atoms with E-state index in [9.17, 15) is 14.0 Å². The topological polar surface area (TPSA) is 58.6 Å². The minimum Gasteiger partial charge on any atom is -0.495 e. The molecule has 0 spiro atoms. The Kier molecular flexibility index (Phi) is 5.96. The van der Waals surface area contributed by atoms with Crippen molar-refractivity contribution < 1.29 is 18.7 Å². The standard InChI is InChI=1S/C20H20ClFN2O3/c1-27-18-7-4-15(21)11-17(18)24-12-14(10-19(24)25)20(26)23-9-8-13-2-5-16(22)6-3-13/h2-7,11,14H,8-10,12H2,1H3,(H,23,26)/t14-/m0/s1. The van der Waals surface area contributed by atoms with Crippen LogP contribution >= 0.6 is 11.6 Å². The molecule has 0 bridgehead atoms. The summed E-state index contributed by atoms with van der Waals surface area (Å²) in [5, 5.41) is 3.34. The molecule has 0 saturated carbocycles. The molecule has 0 aromatic heterocycles. The van der Waals surface area contributed by atoms with Gasteiger partial charge in [-0.2, -0.15) is 0 Å². The molecule has 1 saturated heterocycles. The van der Waals surface area contributed by atoms with Gasteiger partial charge in [0.15, 0.2) is 0 Å². The maximum atomic E-state index is 12.9. The Labute approximate surface area is 162 Å². The maximum absolute atomic E-state index is 12.9. The van der Waals surface area contributed by atoms with Crippen LogP contribution in [0.15, 0.2) is 42.5 Å². The molecule has 2 aromatic carbocycles. The first-order valence-electron chi connectivity index (χ1n) is 8.64. The number of nitrogens with one attached hydrogen (secondary N) is 1. The molecule has 0 unspecified atom stereocenters. The van der Waals surface area contributed by atoms with Gasteiger partial charge in [0.1, 0.15) is 11.6 Å². The number of methoxy groups -OCH3 is 1. The summed E-state index contributed by atoms with van der Waals surface area (Å²) < 4.78 is 18.2. The molecule has 1 aliphatic rings. The van der Waals surface area contributed by atoms with Crippen LogP contribution in [0.1, 0.15) is 12.0 Å². The van der Waals surface area contributed by atoms with E-state index in [4.69, 9.17) is 16.3 Å². The summed E-state index contributed by atoms with van der Waals surface area (Å²) >= 11 is 6.04. The van der Waals surface area contributed by atoms with E-state index in [2.05, 4.69) is 5.32 Å². The molecule has 2 aromatic rings. The molecule has 5 nitrogen and oxygen atoms in total. The summed E-state index contributed by atoms with van der Waals surface area (Å²) in [5.74, 6) is -0.508. The van der Waals surface area contributed by atoms with E-state index in [1.54, 1.807) is 30.3 Å². The molecule has 27 heavy (non-hydrogen) atoms. The number of carbonyl (C=O) groups is 2. The van der Waals surface area contributed by atoms with Crippen molar-refractivity contribution in [3.63, 3.8) is 0 Å².